The van der Waals surface area contributed by atoms with E-state index in [-0.39, 0.29) is 43.1 Å². The molecule has 0 saturated carbocycles. The van der Waals surface area contributed by atoms with Gasteiger partial charge in [0.25, 0.3) is 0 Å². The van der Waals surface area contributed by atoms with Crippen LogP contribution in [0.3, 0.4) is 0 Å². The molecule has 0 radical (unpaired) electrons. The van der Waals surface area contributed by atoms with Crippen molar-refractivity contribution in [2.24, 2.45) is 0 Å². The van der Waals surface area contributed by atoms with Crippen LogP contribution in [0.4, 0.5) is 13.2 Å². The number of esters is 2. The third kappa shape index (κ3) is 6.90. The summed E-state index contributed by atoms with van der Waals surface area (Å²) in [6.07, 6.45) is 0.129. The second kappa shape index (κ2) is 10.5. The van der Waals surface area contributed by atoms with Crippen LogP contribution in [0.15, 0.2) is 22.7 Å². The standard InChI is InChI=1S/C8H9F3O6S.C7H10O4/c1-15-7(12)5-4-16-3-2-6(5)17-18(13,14)8(9,10)11;1-10-7(9)5-4-11-3-2-6(5)8/h2-4H2,1H3;8H,2-4H2,1H3. The molecule has 0 aromatic rings. The number of halogens is 3. The zero-order chi connectivity index (χ0) is 22.2. The summed E-state index contributed by atoms with van der Waals surface area (Å²) in [5.41, 5.74) is -5.70. The lowest BCUT2D eigenvalue weighted by molar-refractivity contribution is -0.138. The first-order valence-electron chi connectivity index (χ1n) is 7.90. The lowest BCUT2D eigenvalue weighted by Gasteiger charge is -2.19. The average Bonchev–Trinajstić information content (AvgIpc) is 2.67. The summed E-state index contributed by atoms with van der Waals surface area (Å²) in [6, 6.07) is 0. The molecule has 0 bridgehead atoms. The second-order valence-electron chi connectivity index (χ2n) is 5.40. The van der Waals surface area contributed by atoms with Crippen LogP contribution in [0.1, 0.15) is 12.8 Å². The molecule has 166 valence electrons. The van der Waals surface area contributed by atoms with Crippen LogP contribution in [0.5, 0.6) is 0 Å². The fourth-order valence-corrected chi connectivity index (χ4v) is 2.56. The predicted molar refractivity (Wildman–Crippen MR) is 87.6 cm³/mol. The molecule has 0 aromatic carbocycles. The minimum absolute atomic E-state index is 0.0524. The monoisotopic (exact) mass is 448 g/mol. The van der Waals surface area contributed by atoms with Gasteiger partial charge in [0.1, 0.15) is 22.7 Å². The van der Waals surface area contributed by atoms with Gasteiger partial charge in [-0.2, -0.15) is 21.6 Å². The van der Waals surface area contributed by atoms with Gasteiger partial charge >= 0.3 is 27.6 Å². The van der Waals surface area contributed by atoms with Crippen molar-refractivity contribution in [3.63, 3.8) is 0 Å². The molecule has 2 aliphatic heterocycles. The number of aliphatic hydroxyl groups is 1. The highest BCUT2D eigenvalue weighted by molar-refractivity contribution is 7.87. The van der Waals surface area contributed by atoms with Crippen molar-refractivity contribution in [3.8, 4) is 0 Å². The van der Waals surface area contributed by atoms with Crippen molar-refractivity contribution in [3.05, 3.63) is 22.7 Å². The van der Waals surface area contributed by atoms with E-state index in [0.717, 1.165) is 7.11 Å². The molecule has 0 unspecified atom stereocenters. The van der Waals surface area contributed by atoms with Gasteiger partial charge in [-0.05, 0) is 0 Å². The van der Waals surface area contributed by atoms with Crippen LogP contribution >= 0.6 is 0 Å². The van der Waals surface area contributed by atoms with Gasteiger partial charge < -0.3 is 28.2 Å². The topological polar surface area (TPSA) is 135 Å². The molecule has 2 heterocycles. The number of aliphatic hydroxyl groups excluding tert-OH is 1. The van der Waals surface area contributed by atoms with Gasteiger partial charge in [-0.1, -0.05) is 0 Å². The number of rotatable bonds is 4. The molecule has 0 saturated heterocycles. The second-order valence-corrected chi connectivity index (χ2v) is 6.94. The van der Waals surface area contributed by atoms with E-state index in [9.17, 15) is 31.2 Å². The van der Waals surface area contributed by atoms with E-state index in [4.69, 9.17) is 14.6 Å². The van der Waals surface area contributed by atoms with Crippen LogP contribution in [-0.4, -0.2) is 71.6 Å². The smallest absolute Gasteiger partial charge is 0.512 e. The SMILES string of the molecule is COC(=O)C1=C(O)CCOC1.COC(=O)C1=C(OS(=O)(=O)C(F)(F)F)CCOC1. The highest BCUT2D eigenvalue weighted by Gasteiger charge is 2.49. The van der Waals surface area contributed by atoms with Crippen molar-refractivity contribution in [1.29, 1.82) is 0 Å². The number of carbonyl (C=O) groups excluding carboxylic acids is 2. The quantitative estimate of drug-likeness (QED) is 0.378. The van der Waals surface area contributed by atoms with Crippen LogP contribution < -0.4 is 0 Å². The lowest BCUT2D eigenvalue weighted by Crippen LogP contribution is -2.28. The van der Waals surface area contributed by atoms with Crippen molar-refractivity contribution < 1.29 is 59.4 Å². The van der Waals surface area contributed by atoms with E-state index in [1.165, 1.54) is 7.11 Å². The Morgan fingerprint density at radius 2 is 1.45 bits per heavy atom. The molecule has 0 amide bonds. The van der Waals surface area contributed by atoms with Gasteiger partial charge in [-0.3, -0.25) is 0 Å². The highest BCUT2D eigenvalue weighted by atomic mass is 32.2. The molecule has 10 nitrogen and oxygen atoms in total. The minimum Gasteiger partial charge on any atom is -0.512 e. The highest BCUT2D eigenvalue weighted by Crippen LogP contribution is 2.29. The first kappa shape index (κ1) is 24.7. The van der Waals surface area contributed by atoms with E-state index in [2.05, 4.69) is 13.7 Å². The molecule has 0 atom stereocenters. The van der Waals surface area contributed by atoms with Crippen LogP contribution in [-0.2, 0) is 42.8 Å². The van der Waals surface area contributed by atoms with Crippen LogP contribution in [0.2, 0.25) is 0 Å². The number of hydrogen-bond acceptors (Lipinski definition) is 10. The maximum Gasteiger partial charge on any atom is 0.534 e. The maximum absolute atomic E-state index is 12.1. The molecule has 1 N–H and O–H groups in total. The van der Waals surface area contributed by atoms with Crippen molar-refractivity contribution in [1.82, 2.24) is 0 Å². The maximum atomic E-state index is 12.1. The van der Waals surface area contributed by atoms with E-state index >= 15 is 0 Å². The third-order valence-electron chi connectivity index (χ3n) is 3.49. The largest absolute Gasteiger partial charge is 0.534 e. The molecule has 2 aliphatic rings. The lowest BCUT2D eigenvalue weighted by atomic mass is 10.1. The summed E-state index contributed by atoms with van der Waals surface area (Å²) in [7, 11) is -3.52. The first-order valence-corrected chi connectivity index (χ1v) is 9.31. The normalized spacial score (nSPS) is 17.8. The van der Waals surface area contributed by atoms with Gasteiger partial charge in [0, 0.05) is 12.8 Å². The fourth-order valence-electron chi connectivity index (χ4n) is 2.02. The average molecular weight is 448 g/mol. The van der Waals surface area contributed by atoms with Gasteiger partial charge in [-0.15, -0.1) is 0 Å². The Bertz CT molecular complexity index is 783. The molecular weight excluding hydrogens is 429 g/mol. The van der Waals surface area contributed by atoms with Gasteiger partial charge in [0.05, 0.1) is 40.6 Å². The zero-order valence-corrected chi connectivity index (χ0v) is 16.2. The summed E-state index contributed by atoms with van der Waals surface area (Å²) >= 11 is 0. The third-order valence-corrected chi connectivity index (χ3v) is 4.48. The van der Waals surface area contributed by atoms with E-state index in [1.807, 2.05) is 0 Å². The fraction of sp³-hybridized carbons (Fsp3) is 0.600. The van der Waals surface area contributed by atoms with E-state index in [0.29, 0.717) is 13.0 Å². The van der Waals surface area contributed by atoms with E-state index < -0.39 is 33.3 Å². The Balaban J connectivity index is 0.000000326. The number of ether oxygens (including phenoxy) is 4. The summed E-state index contributed by atoms with van der Waals surface area (Å²) in [4.78, 5) is 22.1. The zero-order valence-electron chi connectivity index (χ0n) is 15.4. The molecular formula is C15H19F3O10S. The molecule has 0 fully saturated rings. The van der Waals surface area contributed by atoms with Gasteiger partial charge in [0.2, 0.25) is 0 Å². The van der Waals surface area contributed by atoms with Crippen molar-refractivity contribution in [2.75, 3.05) is 40.6 Å². The first-order chi connectivity index (χ1) is 13.4. The number of hydrogen-bond donors (Lipinski definition) is 1. The Kier molecular flexibility index (Phi) is 8.91. The van der Waals surface area contributed by atoms with Crippen LogP contribution in [0.25, 0.3) is 0 Å². The Morgan fingerprint density at radius 3 is 1.93 bits per heavy atom. The molecule has 0 aromatic heterocycles. The molecule has 29 heavy (non-hydrogen) atoms. The molecule has 0 spiro atoms. The summed E-state index contributed by atoms with van der Waals surface area (Å²) < 4.78 is 80.4. The van der Waals surface area contributed by atoms with Crippen molar-refractivity contribution >= 4 is 22.1 Å². The summed E-state index contributed by atoms with van der Waals surface area (Å²) in [5, 5.41) is 9.17. The predicted octanol–water partition coefficient (Wildman–Crippen LogP) is 1.09. The Labute approximate surface area is 163 Å². The molecule has 14 heteroatoms. The van der Waals surface area contributed by atoms with Crippen LogP contribution in [0, 0.1) is 0 Å². The van der Waals surface area contributed by atoms with Gasteiger partial charge in [0.15, 0.2) is 0 Å². The summed E-state index contributed by atoms with van der Waals surface area (Å²) in [6.45, 7) is 0.198. The van der Waals surface area contributed by atoms with Gasteiger partial charge in [-0.25, -0.2) is 9.59 Å². The minimum atomic E-state index is -5.79. The Morgan fingerprint density at radius 1 is 0.966 bits per heavy atom. The number of carbonyl (C=O) groups is 2. The Hall–Kier alpha value is -2.32. The number of methoxy groups -OCH3 is 2. The summed E-state index contributed by atoms with van der Waals surface area (Å²) in [5.74, 6) is -2.03. The molecule has 0 aliphatic carbocycles. The van der Waals surface area contributed by atoms with Crippen molar-refractivity contribution in [2.45, 2.75) is 18.3 Å². The van der Waals surface area contributed by atoms with E-state index in [1.54, 1.807) is 0 Å². The molecule has 2 rings (SSSR count). The number of alkyl halides is 3.